The lowest BCUT2D eigenvalue weighted by molar-refractivity contribution is -0.120. The van der Waals surface area contributed by atoms with Gasteiger partial charge in [0.2, 0.25) is 0 Å². The number of nitrogens with zero attached hydrogens (tertiary/aromatic N) is 2. The van der Waals surface area contributed by atoms with E-state index in [1.165, 1.54) is 12.1 Å². The molecule has 1 amide bonds. The molecule has 6 nitrogen and oxygen atoms in total. The van der Waals surface area contributed by atoms with E-state index >= 15 is 0 Å². The van der Waals surface area contributed by atoms with Crippen LogP contribution < -0.4 is 10.7 Å². The van der Waals surface area contributed by atoms with Gasteiger partial charge in [-0.25, -0.2) is 9.82 Å². The first kappa shape index (κ1) is 15.6. The summed E-state index contributed by atoms with van der Waals surface area (Å²) in [7, 11) is 0. The molecule has 0 saturated carbocycles. The van der Waals surface area contributed by atoms with E-state index in [1.54, 1.807) is 12.1 Å². The predicted octanol–water partition coefficient (Wildman–Crippen LogP) is 0.524. The van der Waals surface area contributed by atoms with E-state index in [4.69, 9.17) is 0 Å². The number of hydrogen-bond acceptors (Lipinski definition) is 5. The van der Waals surface area contributed by atoms with Crippen molar-refractivity contribution in [3.8, 4) is 0 Å². The van der Waals surface area contributed by atoms with Gasteiger partial charge in [0.1, 0.15) is 11.7 Å². The fourth-order valence-electron chi connectivity index (χ4n) is 2.67. The van der Waals surface area contributed by atoms with Gasteiger partial charge >= 0.3 is 0 Å². The van der Waals surface area contributed by atoms with Gasteiger partial charge in [-0.15, -0.1) is 0 Å². The quantitative estimate of drug-likeness (QED) is 0.757. The summed E-state index contributed by atoms with van der Waals surface area (Å²) in [4.78, 5) is 13.2. The molecule has 3 rings (SSSR count). The Morgan fingerprint density at radius 1 is 1.35 bits per heavy atom. The van der Waals surface area contributed by atoms with Crippen molar-refractivity contribution in [3.05, 3.63) is 47.3 Å². The average Bonchev–Trinajstić information content (AvgIpc) is 2.57. The van der Waals surface area contributed by atoms with Crippen molar-refractivity contribution >= 4 is 11.7 Å². The van der Waals surface area contributed by atoms with Gasteiger partial charge in [0, 0.05) is 19.6 Å². The molecule has 1 atom stereocenters. The molecule has 1 aromatic rings. The standard InChI is InChI=1S/C16H19FN4O2/c17-13-3-1-11(2-4-13)14(22)10-21-7-5-12(6-8-21)16-18-9-15(23)19-20-16/h1-5,14,22H,6-10H2,(H,18,20)(H,19,23). The Morgan fingerprint density at radius 2 is 2.13 bits per heavy atom. The van der Waals surface area contributed by atoms with Gasteiger partial charge in [-0.3, -0.25) is 9.69 Å². The second kappa shape index (κ2) is 6.89. The van der Waals surface area contributed by atoms with E-state index in [0.29, 0.717) is 24.5 Å². The Morgan fingerprint density at radius 3 is 2.74 bits per heavy atom. The maximum Gasteiger partial charge on any atom is 0.259 e. The van der Waals surface area contributed by atoms with Gasteiger partial charge in [-0.2, -0.15) is 5.10 Å². The molecule has 2 heterocycles. The minimum Gasteiger partial charge on any atom is -0.387 e. The SMILES string of the molecule is O=C1CNC(C2=CCN(CC(O)c3ccc(F)cc3)CC2)=NN1. The molecule has 23 heavy (non-hydrogen) atoms. The first-order valence-electron chi connectivity index (χ1n) is 7.57. The summed E-state index contributed by atoms with van der Waals surface area (Å²) in [5, 5.41) is 17.2. The Kier molecular flexibility index (Phi) is 4.68. The van der Waals surface area contributed by atoms with Crippen LogP contribution in [0.4, 0.5) is 4.39 Å². The first-order chi connectivity index (χ1) is 11.1. The lowest BCUT2D eigenvalue weighted by Crippen LogP contribution is -2.44. The third-order valence-corrected chi connectivity index (χ3v) is 3.99. The van der Waals surface area contributed by atoms with Crippen molar-refractivity contribution in [2.24, 2.45) is 5.10 Å². The van der Waals surface area contributed by atoms with Crippen LogP contribution in [-0.2, 0) is 4.79 Å². The Bertz CT molecular complexity index is 642. The monoisotopic (exact) mass is 318 g/mol. The molecule has 0 aromatic heterocycles. The summed E-state index contributed by atoms with van der Waals surface area (Å²) in [6.07, 6.45) is 2.19. The summed E-state index contributed by atoms with van der Waals surface area (Å²) in [6.45, 7) is 2.22. The van der Waals surface area contributed by atoms with Crippen molar-refractivity contribution in [1.29, 1.82) is 0 Å². The van der Waals surface area contributed by atoms with Crippen LogP contribution in [0.2, 0.25) is 0 Å². The largest absolute Gasteiger partial charge is 0.387 e. The highest BCUT2D eigenvalue weighted by molar-refractivity contribution is 6.02. The fraction of sp³-hybridized carbons (Fsp3) is 0.375. The summed E-state index contributed by atoms with van der Waals surface area (Å²) >= 11 is 0. The van der Waals surface area contributed by atoms with Crippen LogP contribution in [0.25, 0.3) is 0 Å². The number of carbonyl (C=O) groups is 1. The smallest absolute Gasteiger partial charge is 0.259 e. The Balaban J connectivity index is 1.56. The number of rotatable bonds is 4. The van der Waals surface area contributed by atoms with E-state index in [0.717, 1.165) is 18.5 Å². The van der Waals surface area contributed by atoms with Gasteiger partial charge in [-0.05, 0) is 29.7 Å². The van der Waals surface area contributed by atoms with E-state index in [1.807, 2.05) is 6.08 Å². The maximum absolute atomic E-state index is 12.9. The van der Waals surface area contributed by atoms with Gasteiger partial charge in [0.05, 0.1) is 12.6 Å². The highest BCUT2D eigenvalue weighted by Gasteiger charge is 2.20. The average molecular weight is 318 g/mol. The minimum atomic E-state index is -0.644. The number of halogens is 1. The summed E-state index contributed by atoms with van der Waals surface area (Å²) in [5.74, 6) is 0.261. The van der Waals surface area contributed by atoms with E-state index in [-0.39, 0.29) is 18.3 Å². The molecule has 2 aliphatic heterocycles. The fourth-order valence-corrected chi connectivity index (χ4v) is 2.67. The van der Waals surface area contributed by atoms with Gasteiger partial charge in [0.25, 0.3) is 5.91 Å². The lowest BCUT2D eigenvalue weighted by atomic mass is 10.0. The number of hydrazone groups is 1. The van der Waals surface area contributed by atoms with E-state index in [2.05, 4.69) is 20.7 Å². The van der Waals surface area contributed by atoms with Crippen molar-refractivity contribution < 1.29 is 14.3 Å². The molecule has 0 radical (unpaired) electrons. The highest BCUT2D eigenvalue weighted by atomic mass is 19.1. The zero-order valence-electron chi connectivity index (χ0n) is 12.6. The number of carbonyl (C=O) groups excluding carboxylic acids is 1. The van der Waals surface area contributed by atoms with Gasteiger partial charge in [0.15, 0.2) is 0 Å². The van der Waals surface area contributed by atoms with Crippen LogP contribution in [0, 0.1) is 5.82 Å². The number of nitrogens with one attached hydrogen (secondary N) is 2. The first-order valence-corrected chi connectivity index (χ1v) is 7.57. The molecular formula is C16H19FN4O2. The molecule has 0 bridgehead atoms. The van der Waals surface area contributed by atoms with Crippen LogP contribution in [0.5, 0.6) is 0 Å². The van der Waals surface area contributed by atoms with Crippen LogP contribution in [0.3, 0.4) is 0 Å². The Hall–Kier alpha value is -2.25. The van der Waals surface area contributed by atoms with Crippen LogP contribution in [0.15, 0.2) is 41.0 Å². The lowest BCUT2D eigenvalue weighted by Gasteiger charge is -2.29. The molecule has 0 aliphatic carbocycles. The molecule has 122 valence electrons. The molecule has 1 unspecified atom stereocenters. The number of hydrogen-bond donors (Lipinski definition) is 3. The van der Waals surface area contributed by atoms with Crippen LogP contribution in [0.1, 0.15) is 18.1 Å². The predicted molar refractivity (Wildman–Crippen MR) is 84.1 cm³/mol. The van der Waals surface area contributed by atoms with Gasteiger partial charge in [-0.1, -0.05) is 18.2 Å². The molecule has 1 aromatic carbocycles. The minimum absolute atomic E-state index is 0.144. The normalized spacial score (nSPS) is 20.2. The van der Waals surface area contributed by atoms with Gasteiger partial charge < -0.3 is 10.4 Å². The maximum atomic E-state index is 12.9. The molecule has 3 N–H and O–H groups in total. The summed E-state index contributed by atoms with van der Waals surface area (Å²) < 4.78 is 12.9. The second-order valence-corrected chi connectivity index (χ2v) is 5.66. The summed E-state index contributed by atoms with van der Waals surface area (Å²) in [6, 6.07) is 5.92. The number of β-amino-alcohol motifs (C(OH)–C–C–N with tert-alkyl or cyclic N) is 1. The number of aliphatic hydroxyl groups is 1. The van der Waals surface area contributed by atoms with Crippen LogP contribution in [-0.4, -0.2) is 47.9 Å². The van der Waals surface area contributed by atoms with Crippen LogP contribution >= 0.6 is 0 Å². The van der Waals surface area contributed by atoms with E-state index < -0.39 is 6.10 Å². The van der Waals surface area contributed by atoms with Crippen molar-refractivity contribution in [2.45, 2.75) is 12.5 Å². The highest BCUT2D eigenvalue weighted by Crippen LogP contribution is 2.18. The van der Waals surface area contributed by atoms with E-state index in [9.17, 15) is 14.3 Å². The third-order valence-electron chi connectivity index (χ3n) is 3.99. The number of benzene rings is 1. The third kappa shape index (κ3) is 3.94. The van der Waals surface area contributed by atoms with Crippen molar-refractivity contribution in [1.82, 2.24) is 15.6 Å². The molecule has 0 saturated heterocycles. The molecule has 2 aliphatic rings. The van der Waals surface area contributed by atoms with Crippen molar-refractivity contribution in [3.63, 3.8) is 0 Å². The molecule has 0 fully saturated rings. The molecule has 7 heteroatoms. The van der Waals surface area contributed by atoms with Crippen molar-refractivity contribution in [2.75, 3.05) is 26.2 Å². The summed E-state index contributed by atoms with van der Waals surface area (Å²) in [5.41, 5.74) is 4.24. The topological polar surface area (TPSA) is 77.0 Å². The second-order valence-electron chi connectivity index (χ2n) is 5.66. The Labute approximate surface area is 133 Å². The number of amides is 1. The number of amidine groups is 1. The zero-order valence-corrected chi connectivity index (χ0v) is 12.6. The molecule has 0 spiro atoms. The molecular weight excluding hydrogens is 299 g/mol. The zero-order chi connectivity index (χ0) is 16.2. The number of aliphatic hydroxyl groups excluding tert-OH is 1.